The van der Waals surface area contributed by atoms with Crippen molar-refractivity contribution in [3.63, 3.8) is 0 Å². The fraction of sp³-hybridized carbons (Fsp3) is 0.333. The van der Waals surface area contributed by atoms with E-state index in [1.54, 1.807) is 0 Å². The molecule has 0 aliphatic carbocycles. The summed E-state index contributed by atoms with van der Waals surface area (Å²) in [6.45, 7) is 2.03. The minimum atomic E-state index is 1.03. The Kier molecular flexibility index (Phi) is 2.00. The number of hydrogen-bond acceptors (Lipinski definition) is 1. The second kappa shape index (κ2) is 2.60. The molecular formula is C6H8IN2+. The van der Waals surface area contributed by atoms with Crippen molar-refractivity contribution in [3.8, 4) is 0 Å². The first-order valence-corrected chi connectivity index (χ1v) is 3.76. The van der Waals surface area contributed by atoms with Crippen LogP contribution in [0.3, 0.4) is 0 Å². The maximum absolute atomic E-state index is 4.11. The fourth-order valence-electron chi connectivity index (χ4n) is 0.541. The summed E-state index contributed by atoms with van der Waals surface area (Å²) >= 11 is 2.19. The van der Waals surface area contributed by atoms with E-state index in [0.29, 0.717) is 0 Å². The molecule has 0 fully saturated rings. The zero-order valence-corrected chi connectivity index (χ0v) is 7.58. The minimum Gasteiger partial charge on any atom is -0.238 e. The van der Waals surface area contributed by atoms with Crippen LogP contribution >= 0.6 is 22.6 Å². The first-order chi connectivity index (χ1) is 4.20. The van der Waals surface area contributed by atoms with E-state index in [0.717, 1.165) is 3.70 Å². The summed E-state index contributed by atoms with van der Waals surface area (Å²) in [6.07, 6.45) is 3.86. The van der Waals surface area contributed by atoms with E-state index in [1.807, 2.05) is 26.4 Å². The molecule has 3 heteroatoms. The highest BCUT2D eigenvalue weighted by Crippen LogP contribution is 1.94. The number of rotatable bonds is 0. The molecule has 0 aliphatic heterocycles. The summed E-state index contributed by atoms with van der Waals surface area (Å²) in [4.78, 5) is 4.11. The quantitative estimate of drug-likeness (QED) is 0.480. The Morgan fingerprint density at radius 2 is 2.33 bits per heavy atom. The van der Waals surface area contributed by atoms with Gasteiger partial charge in [0.2, 0.25) is 6.20 Å². The molecule has 48 valence electrons. The van der Waals surface area contributed by atoms with Crippen molar-refractivity contribution >= 4 is 22.6 Å². The summed E-state index contributed by atoms with van der Waals surface area (Å²) in [5, 5.41) is 0. The van der Waals surface area contributed by atoms with Gasteiger partial charge >= 0.3 is 0 Å². The highest BCUT2D eigenvalue weighted by Gasteiger charge is 1.99. The molecule has 0 unspecified atom stereocenters. The predicted molar refractivity (Wildman–Crippen MR) is 42.9 cm³/mol. The van der Waals surface area contributed by atoms with Gasteiger partial charge < -0.3 is 0 Å². The summed E-state index contributed by atoms with van der Waals surface area (Å²) in [7, 11) is 2.01. The lowest BCUT2D eigenvalue weighted by Crippen LogP contribution is -2.32. The summed E-state index contributed by atoms with van der Waals surface area (Å²) in [5.74, 6) is 0. The number of halogens is 1. The van der Waals surface area contributed by atoms with Gasteiger partial charge in [-0.1, -0.05) is 0 Å². The van der Waals surface area contributed by atoms with Gasteiger partial charge in [-0.25, -0.2) is 9.55 Å². The standard InChI is InChI=1S/C6H8IN2/c1-5-3-8-6(7)4-9(5)2/h3-4H,1-2H3/q+1. The van der Waals surface area contributed by atoms with Crippen molar-refractivity contribution < 1.29 is 4.57 Å². The predicted octanol–water partition coefficient (Wildman–Crippen LogP) is 0.819. The molecule has 0 aliphatic rings. The number of nitrogens with zero attached hydrogens (tertiary/aromatic N) is 2. The second-order valence-corrected chi connectivity index (χ2v) is 3.07. The third-order valence-electron chi connectivity index (χ3n) is 1.23. The van der Waals surface area contributed by atoms with Crippen LogP contribution in [0.1, 0.15) is 5.69 Å². The second-order valence-electron chi connectivity index (χ2n) is 1.96. The van der Waals surface area contributed by atoms with E-state index in [4.69, 9.17) is 0 Å². The molecule has 1 aromatic heterocycles. The van der Waals surface area contributed by atoms with Gasteiger partial charge in [-0.2, -0.15) is 0 Å². The van der Waals surface area contributed by atoms with Crippen molar-refractivity contribution in [1.29, 1.82) is 0 Å². The first-order valence-electron chi connectivity index (χ1n) is 2.68. The summed E-state index contributed by atoms with van der Waals surface area (Å²) in [6, 6.07) is 0. The molecule has 0 saturated carbocycles. The monoisotopic (exact) mass is 235 g/mol. The Morgan fingerprint density at radius 3 is 2.78 bits per heavy atom. The van der Waals surface area contributed by atoms with Crippen LogP contribution in [0.15, 0.2) is 12.4 Å². The Hall–Kier alpha value is -0.190. The van der Waals surface area contributed by atoms with Gasteiger partial charge in [0.15, 0.2) is 9.39 Å². The Morgan fingerprint density at radius 1 is 1.67 bits per heavy atom. The van der Waals surface area contributed by atoms with Gasteiger partial charge in [0.25, 0.3) is 0 Å². The maximum atomic E-state index is 4.11. The lowest BCUT2D eigenvalue weighted by Gasteiger charge is -1.90. The van der Waals surface area contributed by atoms with Crippen molar-refractivity contribution in [3.05, 3.63) is 21.8 Å². The van der Waals surface area contributed by atoms with E-state index in [9.17, 15) is 0 Å². The lowest BCUT2D eigenvalue weighted by atomic mass is 10.5. The zero-order chi connectivity index (χ0) is 6.85. The highest BCUT2D eigenvalue weighted by molar-refractivity contribution is 14.1. The SMILES string of the molecule is Cc1cnc(I)c[n+]1C. The van der Waals surface area contributed by atoms with Crippen LogP contribution in [0.2, 0.25) is 0 Å². The molecule has 9 heavy (non-hydrogen) atoms. The molecule has 0 spiro atoms. The molecule has 0 bridgehead atoms. The van der Waals surface area contributed by atoms with Crippen LogP contribution in [0.4, 0.5) is 0 Å². The van der Waals surface area contributed by atoms with Gasteiger partial charge in [0, 0.05) is 6.92 Å². The van der Waals surface area contributed by atoms with Crippen LogP contribution in [0.5, 0.6) is 0 Å². The van der Waals surface area contributed by atoms with E-state index >= 15 is 0 Å². The zero-order valence-electron chi connectivity index (χ0n) is 5.43. The van der Waals surface area contributed by atoms with Gasteiger partial charge in [-0.05, 0) is 22.6 Å². The van der Waals surface area contributed by atoms with Gasteiger partial charge in [-0.15, -0.1) is 0 Å². The van der Waals surface area contributed by atoms with Crippen LogP contribution in [0.25, 0.3) is 0 Å². The number of aromatic nitrogens is 2. The number of aryl methyl sites for hydroxylation is 2. The molecule has 0 N–H and O–H groups in total. The molecule has 1 rings (SSSR count). The van der Waals surface area contributed by atoms with Crippen molar-refractivity contribution in [2.75, 3.05) is 0 Å². The van der Waals surface area contributed by atoms with Crippen LogP contribution < -0.4 is 4.57 Å². The number of hydrogen-bond donors (Lipinski definition) is 0. The third-order valence-corrected chi connectivity index (χ3v) is 1.79. The average Bonchev–Trinajstić information content (AvgIpc) is 1.80. The molecule has 2 nitrogen and oxygen atoms in total. The van der Waals surface area contributed by atoms with Crippen molar-refractivity contribution in [1.82, 2.24) is 4.98 Å². The summed E-state index contributed by atoms with van der Waals surface area (Å²) in [5.41, 5.74) is 1.18. The average molecular weight is 235 g/mol. The van der Waals surface area contributed by atoms with Gasteiger partial charge in [-0.3, -0.25) is 0 Å². The third kappa shape index (κ3) is 1.61. The Bertz CT molecular complexity index is 222. The van der Waals surface area contributed by atoms with E-state index in [-0.39, 0.29) is 0 Å². The van der Waals surface area contributed by atoms with Crippen molar-refractivity contribution in [2.45, 2.75) is 6.92 Å². The molecule has 0 atom stereocenters. The maximum Gasteiger partial charge on any atom is 0.200 e. The summed E-state index contributed by atoms with van der Waals surface area (Å²) < 4.78 is 3.08. The Labute approximate surface area is 68.1 Å². The molecule has 0 amide bonds. The highest BCUT2D eigenvalue weighted by atomic mass is 127. The lowest BCUT2D eigenvalue weighted by molar-refractivity contribution is -0.678. The molecular weight excluding hydrogens is 227 g/mol. The van der Waals surface area contributed by atoms with Gasteiger partial charge in [0.1, 0.15) is 7.05 Å². The largest absolute Gasteiger partial charge is 0.238 e. The van der Waals surface area contributed by atoms with Crippen molar-refractivity contribution in [2.24, 2.45) is 7.05 Å². The normalized spacial score (nSPS) is 9.67. The molecule has 0 radical (unpaired) electrons. The van der Waals surface area contributed by atoms with Crippen LogP contribution in [-0.4, -0.2) is 4.98 Å². The molecule has 1 aromatic rings. The minimum absolute atomic E-state index is 1.03. The topological polar surface area (TPSA) is 16.8 Å². The first kappa shape index (κ1) is 6.92. The molecule has 1 heterocycles. The molecule has 0 saturated heterocycles. The fourth-order valence-corrected chi connectivity index (χ4v) is 1.10. The Balaban J connectivity index is 3.17. The van der Waals surface area contributed by atoms with E-state index in [1.165, 1.54) is 5.69 Å². The van der Waals surface area contributed by atoms with Crippen LogP contribution in [0, 0.1) is 10.6 Å². The van der Waals surface area contributed by atoms with E-state index in [2.05, 4.69) is 32.1 Å². The molecule has 0 aromatic carbocycles. The smallest absolute Gasteiger partial charge is 0.200 e. The van der Waals surface area contributed by atoms with Crippen LogP contribution in [-0.2, 0) is 7.05 Å². The van der Waals surface area contributed by atoms with Gasteiger partial charge in [0.05, 0.1) is 6.20 Å². The van der Waals surface area contributed by atoms with E-state index < -0.39 is 0 Å².